The molecule has 0 aromatic heterocycles. The van der Waals surface area contributed by atoms with Crippen molar-refractivity contribution in [3.05, 3.63) is 53.8 Å². The Balaban J connectivity index is 1.96. The number of nitrogens with one attached hydrogen (secondary N) is 1. The van der Waals surface area contributed by atoms with Crippen LogP contribution in [0.15, 0.2) is 42.5 Å². The molecule has 1 heterocycles. The third kappa shape index (κ3) is 3.47. The first-order valence-electron chi connectivity index (χ1n) is 8.14. The predicted octanol–water partition coefficient (Wildman–Crippen LogP) is 3.60. The summed E-state index contributed by atoms with van der Waals surface area (Å²) in [6.07, 6.45) is 0.660. The molecule has 1 N–H and O–H groups in total. The van der Waals surface area contributed by atoms with E-state index in [-0.39, 0.29) is 17.7 Å². The van der Waals surface area contributed by atoms with Gasteiger partial charge in [-0.15, -0.1) is 0 Å². The lowest BCUT2D eigenvalue weighted by Gasteiger charge is -2.34. The summed E-state index contributed by atoms with van der Waals surface area (Å²) >= 11 is 0. The van der Waals surface area contributed by atoms with Gasteiger partial charge in [0, 0.05) is 12.5 Å². The second kappa shape index (κ2) is 6.93. The van der Waals surface area contributed by atoms with Crippen LogP contribution >= 0.6 is 0 Å². The summed E-state index contributed by atoms with van der Waals surface area (Å²) in [4.78, 5) is 25.8. The quantitative estimate of drug-likeness (QED) is 0.927. The molecule has 0 aliphatic carbocycles. The Hall–Kier alpha value is -2.89. The minimum Gasteiger partial charge on any atom is -0.486 e. The van der Waals surface area contributed by atoms with Gasteiger partial charge in [0.1, 0.15) is 17.7 Å². The van der Waals surface area contributed by atoms with Gasteiger partial charge in [0.15, 0.2) is 0 Å². The van der Waals surface area contributed by atoms with Crippen molar-refractivity contribution in [2.45, 2.75) is 26.4 Å². The van der Waals surface area contributed by atoms with Crippen LogP contribution in [0.2, 0.25) is 0 Å². The molecule has 130 valence electrons. The maximum atomic E-state index is 13.8. The molecule has 0 radical (unpaired) electrons. The van der Waals surface area contributed by atoms with E-state index in [1.54, 1.807) is 4.90 Å². The monoisotopic (exact) mass is 342 g/mol. The number of fused-ring (bicyclic) bond motifs is 1. The topological polar surface area (TPSA) is 58.6 Å². The molecule has 2 aromatic carbocycles. The van der Waals surface area contributed by atoms with Crippen molar-refractivity contribution in [2.24, 2.45) is 0 Å². The van der Waals surface area contributed by atoms with Gasteiger partial charge in [0.2, 0.25) is 5.91 Å². The van der Waals surface area contributed by atoms with E-state index >= 15 is 0 Å². The van der Waals surface area contributed by atoms with Gasteiger partial charge in [-0.05, 0) is 36.8 Å². The molecule has 1 aliphatic heterocycles. The van der Waals surface area contributed by atoms with Crippen molar-refractivity contribution in [3.63, 3.8) is 0 Å². The second-order valence-corrected chi connectivity index (χ2v) is 5.91. The SMILES string of the molecule is CC[C@@H]1CN(C(=O)c2ccc(F)c(NC(C)=O)c2)c2ccccc2O1. The number of amides is 2. The maximum absolute atomic E-state index is 13.8. The molecule has 0 saturated carbocycles. The number of carbonyl (C=O) groups excluding carboxylic acids is 2. The normalized spacial score (nSPS) is 16.0. The van der Waals surface area contributed by atoms with Gasteiger partial charge in [0.25, 0.3) is 5.91 Å². The van der Waals surface area contributed by atoms with Gasteiger partial charge in [-0.1, -0.05) is 19.1 Å². The van der Waals surface area contributed by atoms with E-state index < -0.39 is 11.7 Å². The molecule has 25 heavy (non-hydrogen) atoms. The zero-order chi connectivity index (χ0) is 18.0. The highest BCUT2D eigenvalue weighted by Crippen LogP contribution is 2.35. The van der Waals surface area contributed by atoms with E-state index in [1.807, 2.05) is 31.2 Å². The Morgan fingerprint density at radius 3 is 2.76 bits per heavy atom. The van der Waals surface area contributed by atoms with Crippen LogP contribution in [0, 0.1) is 5.82 Å². The molecule has 5 nitrogen and oxygen atoms in total. The van der Waals surface area contributed by atoms with Gasteiger partial charge >= 0.3 is 0 Å². The first kappa shape index (κ1) is 17.0. The molecule has 0 bridgehead atoms. The lowest BCUT2D eigenvalue weighted by molar-refractivity contribution is -0.114. The Morgan fingerprint density at radius 1 is 1.28 bits per heavy atom. The number of halogens is 1. The third-order valence-corrected chi connectivity index (χ3v) is 4.06. The van der Waals surface area contributed by atoms with Crippen LogP contribution in [-0.4, -0.2) is 24.5 Å². The summed E-state index contributed by atoms with van der Waals surface area (Å²) < 4.78 is 19.7. The lowest BCUT2D eigenvalue weighted by Crippen LogP contribution is -2.43. The highest BCUT2D eigenvalue weighted by molar-refractivity contribution is 6.08. The number of ether oxygens (including phenoxy) is 1. The molecule has 0 fully saturated rings. The summed E-state index contributed by atoms with van der Waals surface area (Å²) in [7, 11) is 0. The molecule has 6 heteroatoms. The number of carbonyl (C=O) groups is 2. The molecule has 3 rings (SSSR count). The van der Waals surface area contributed by atoms with E-state index in [2.05, 4.69) is 5.32 Å². The first-order chi connectivity index (χ1) is 12.0. The van der Waals surface area contributed by atoms with Crippen molar-refractivity contribution >= 4 is 23.2 Å². The zero-order valence-corrected chi connectivity index (χ0v) is 14.1. The molecule has 1 atom stereocenters. The van der Waals surface area contributed by atoms with Gasteiger partial charge in [-0.3, -0.25) is 9.59 Å². The highest BCUT2D eigenvalue weighted by Gasteiger charge is 2.29. The number of benzene rings is 2. The Kier molecular flexibility index (Phi) is 4.70. The number of para-hydroxylation sites is 2. The molecule has 1 aliphatic rings. The number of hydrogen-bond donors (Lipinski definition) is 1. The summed E-state index contributed by atoms with van der Waals surface area (Å²) in [6, 6.07) is 11.3. The Morgan fingerprint density at radius 2 is 2.04 bits per heavy atom. The summed E-state index contributed by atoms with van der Waals surface area (Å²) in [5, 5.41) is 2.40. The summed E-state index contributed by atoms with van der Waals surface area (Å²) in [5.41, 5.74) is 0.978. The predicted molar refractivity (Wildman–Crippen MR) is 93.5 cm³/mol. The van der Waals surface area contributed by atoms with Crippen molar-refractivity contribution in [1.29, 1.82) is 0 Å². The fraction of sp³-hybridized carbons (Fsp3) is 0.263. The van der Waals surface area contributed by atoms with E-state index in [9.17, 15) is 14.0 Å². The minimum atomic E-state index is -0.583. The highest BCUT2D eigenvalue weighted by atomic mass is 19.1. The van der Waals surface area contributed by atoms with Gasteiger partial charge in [0.05, 0.1) is 17.9 Å². The first-order valence-corrected chi connectivity index (χ1v) is 8.14. The molecule has 0 saturated heterocycles. The van der Waals surface area contributed by atoms with Crippen molar-refractivity contribution in [2.75, 3.05) is 16.8 Å². The Bertz CT molecular complexity index is 822. The largest absolute Gasteiger partial charge is 0.486 e. The van der Waals surface area contributed by atoms with Gasteiger partial charge in [-0.2, -0.15) is 0 Å². The zero-order valence-electron chi connectivity index (χ0n) is 14.1. The van der Waals surface area contributed by atoms with Crippen molar-refractivity contribution in [3.8, 4) is 5.75 Å². The number of anilines is 2. The molecule has 2 aromatic rings. The van der Waals surface area contributed by atoms with E-state index in [4.69, 9.17) is 4.74 Å². The summed E-state index contributed by atoms with van der Waals surface area (Å²) in [6.45, 7) is 3.70. The Labute approximate surface area is 145 Å². The molecule has 2 amide bonds. The van der Waals surface area contributed by atoms with Crippen LogP contribution in [0.4, 0.5) is 15.8 Å². The van der Waals surface area contributed by atoms with E-state index in [1.165, 1.54) is 25.1 Å². The maximum Gasteiger partial charge on any atom is 0.258 e. The van der Waals surface area contributed by atoms with Gasteiger partial charge in [-0.25, -0.2) is 4.39 Å². The average Bonchev–Trinajstić information content (AvgIpc) is 2.61. The molecule has 0 spiro atoms. The van der Waals surface area contributed by atoms with Crippen LogP contribution in [-0.2, 0) is 4.79 Å². The van der Waals surface area contributed by atoms with Crippen molar-refractivity contribution in [1.82, 2.24) is 0 Å². The number of hydrogen-bond acceptors (Lipinski definition) is 3. The van der Waals surface area contributed by atoms with E-state index in [0.717, 1.165) is 6.42 Å². The van der Waals surface area contributed by atoms with Crippen LogP contribution in [0.1, 0.15) is 30.6 Å². The van der Waals surface area contributed by atoms with E-state index in [0.29, 0.717) is 23.5 Å². The standard InChI is InChI=1S/C19H19FN2O3/c1-3-14-11-22(17-6-4-5-7-18(17)25-14)19(24)13-8-9-15(20)16(10-13)21-12(2)23/h4-10,14H,3,11H2,1-2H3,(H,21,23)/t14-/m1/s1. The third-order valence-electron chi connectivity index (χ3n) is 4.06. The molecular formula is C19H19FN2O3. The minimum absolute atomic E-state index is 0.00747. The van der Waals surface area contributed by atoms with Crippen molar-refractivity contribution < 1.29 is 18.7 Å². The fourth-order valence-corrected chi connectivity index (χ4v) is 2.80. The number of rotatable bonds is 3. The molecule has 0 unspecified atom stereocenters. The van der Waals surface area contributed by atoms with Crippen LogP contribution < -0.4 is 15.0 Å². The van der Waals surface area contributed by atoms with Gasteiger partial charge < -0.3 is 15.0 Å². The van der Waals surface area contributed by atoms with Crippen LogP contribution in [0.5, 0.6) is 5.75 Å². The number of nitrogens with zero attached hydrogens (tertiary/aromatic N) is 1. The van der Waals surface area contributed by atoms with Crippen LogP contribution in [0.25, 0.3) is 0 Å². The lowest BCUT2D eigenvalue weighted by atomic mass is 10.1. The average molecular weight is 342 g/mol. The fourth-order valence-electron chi connectivity index (χ4n) is 2.80. The molecular weight excluding hydrogens is 323 g/mol. The van der Waals surface area contributed by atoms with Crippen LogP contribution in [0.3, 0.4) is 0 Å². The second-order valence-electron chi connectivity index (χ2n) is 5.91. The summed E-state index contributed by atoms with van der Waals surface area (Å²) in [5.74, 6) is -0.592. The smallest absolute Gasteiger partial charge is 0.258 e.